The Bertz CT molecular complexity index is 125. The van der Waals surface area contributed by atoms with Crippen LogP contribution in [0.3, 0.4) is 0 Å². The molecule has 0 radical (unpaired) electrons. The summed E-state index contributed by atoms with van der Waals surface area (Å²) < 4.78 is 0. The van der Waals surface area contributed by atoms with Crippen LogP contribution in [0.2, 0.25) is 0 Å². The minimum atomic E-state index is 0.271. The Labute approximate surface area is 56.1 Å². The van der Waals surface area contributed by atoms with Crippen LogP contribution < -0.4 is 0 Å². The maximum Gasteiger partial charge on any atom is 0.186 e. The third kappa shape index (κ3) is 3.64. The molecule has 1 N–H and O–H groups in total. The maximum absolute atomic E-state index is 8.99. The fourth-order valence-corrected chi connectivity index (χ4v) is 0.331. The summed E-state index contributed by atoms with van der Waals surface area (Å²) in [5.41, 5.74) is 0. The van der Waals surface area contributed by atoms with Gasteiger partial charge in [0.2, 0.25) is 0 Å². The third-order valence-electron chi connectivity index (χ3n) is 0.896. The van der Waals surface area contributed by atoms with Gasteiger partial charge in [-0.1, -0.05) is 12.2 Å². The lowest BCUT2D eigenvalue weighted by molar-refractivity contribution is 0.264. The van der Waals surface area contributed by atoms with Crippen molar-refractivity contribution in [2.75, 3.05) is 14.1 Å². The zero-order valence-electron chi connectivity index (χ0n) is 6.13. The maximum atomic E-state index is 8.99. The van der Waals surface area contributed by atoms with E-state index in [-0.39, 0.29) is 5.88 Å². The molecule has 0 aliphatic heterocycles. The van der Waals surface area contributed by atoms with E-state index in [0.29, 0.717) is 0 Å². The second-order valence-corrected chi connectivity index (χ2v) is 1.95. The Hall–Kier alpha value is -0.920. The van der Waals surface area contributed by atoms with Crippen molar-refractivity contribution in [2.45, 2.75) is 6.92 Å². The van der Waals surface area contributed by atoms with Gasteiger partial charge < -0.3 is 10.0 Å². The predicted octanol–water partition coefficient (Wildman–Crippen LogP) is 1.52. The highest BCUT2D eigenvalue weighted by atomic mass is 16.3. The first-order valence-corrected chi connectivity index (χ1v) is 2.87. The van der Waals surface area contributed by atoms with E-state index in [0.717, 1.165) is 0 Å². The van der Waals surface area contributed by atoms with E-state index >= 15 is 0 Å². The normalized spacial score (nSPS) is 12.6. The zero-order valence-corrected chi connectivity index (χ0v) is 6.13. The molecule has 0 amide bonds. The molecular formula is C7H13NO. The molecule has 52 valence electrons. The summed E-state index contributed by atoms with van der Waals surface area (Å²) in [5.74, 6) is 0.271. The summed E-state index contributed by atoms with van der Waals surface area (Å²) in [6.07, 6.45) is 5.29. The molecule has 0 heterocycles. The standard InChI is InChI=1S/C7H13NO/c1-4-5-6-7(9)8(2)3/h4-6,9H,1-3H3/b5-4+,7-6+. The van der Waals surface area contributed by atoms with Gasteiger partial charge in [0.1, 0.15) is 0 Å². The quantitative estimate of drug-likeness (QED) is 0.449. The van der Waals surface area contributed by atoms with Crippen LogP contribution in [0.4, 0.5) is 0 Å². The summed E-state index contributed by atoms with van der Waals surface area (Å²) in [5, 5.41) is 8.99. The van der Waals surface area contributed by atoms with E-state index in [1.54, 1.807) is 31.1 Å². The molecule has 0 aliphatic carbocycles. The van der Waals surface area contributed by atoms with Gasteiger partial charge in [-0.05, 0) is 13.0 Å². The van der Waals surface area contributed by atoms with E-state index in [2.05, 4.69) is 0 Å². The van der Waals surface area contributed by atoms with Crippen molar-refractivity contribution >= 4 is 0 Å². The zero-order chi connectivity index (χ0) is 7.28. The molecule has 0 fully saturated rings. The van der Waals surface area contributed by atoms with Crippen molar-refractivity contribution in [3.63, 3.8) is 0 Å². The number of allylic oxidation sites excluding steroid dienone is 3. The Morgan fingerprint density at radius 3 is 2.33 bits per heavy atom. The Balaban J connectivity index is 3.84. The van der Waals surface area contributed by atoms with Gasteiger partial charge in [0.25, 0.3) is 0 Å². The van der Waals surface area contributed by atoms with Crippen LogP contribution in [0.15, 0.2) is 24.1 Å². The fraction of sp³-hybridized carbons (Fsp3) is 0.429. The third-order valence-corrected chi connectivity index (χ3v) is 0.896. The smallest absolute Gasteiger partial charge is 0.186 e. The van der Waals surface area contributed by atoms with Crippen molar-refractivity contribution in [3.05, 3.63) is 24.1 Å². The summed E-state index contributed by atoms with van der Waals surface area (Å²) in [7, 11) is 3.57. The molecule has 0 spiro atoms. The second kappa shape index (κ2) is 4.01. The Morgan fingerprint density at radius 1 is 1.44 bits per heavy atom. The molecule has 0 atom stereocenters. The first-order chi connectivity index (χ1) is 4.18. The summed E-state index contributed by atoms with van der Waals surface area (Å²) in [4.78, 5) is 1.64. The number of hydrogen-bond donors (Lipinski definition) is 1. The van der Waals surface area contributed by atoms with Gasteiger partial charge in [-0.25, -0.2) is 0 Å². The van der Waals surface area contributed by atoms with Crippen LogP contribution in [0.5, 0.6) is 0 Å². The monoisotopic (exact) mass is 127 g/mol. The van der Waals surface area contributed by atoms with Gasteiger partial charge in [-0.2, -0.15) is 0 Å². The lowest BCUT2D eigenvalue weighted by Gasteiger charge is -2.08. The molecule has 0 unspecified atom stereocenters. The number of rotatable bonds is 2. The molecule has 2 heteroatoms. The molecule has 0 rings (SSSR count). The van der Waals surface area contributed by atoms with Crippen LogP contribution in [0, 0.1) is 0 Å². The molecule has 0 aromatic carbocycles. The molecule has 2 nitrogen and oxygen atoms in total. The summed E-state index contributed by atoms with van der Waals surface area (Å²) >= 11 is 0. The van der Waals surface area contributed by atoms with Crippen LogP contribution in [0.25, 0.3) is 0 Å². The Morgan fingerprint density at radius 2 is 2.00 bits per heavy atom. The molecule has 0 saturated carbocycles. The molecule has 0 bridgehead atoms. The van der Waals surface area contributed by atoms with Crippen molar-refractivity contribution in [3.8, 4) is 0 Å². The number of nitrogens with zero attached hydrogens (tertiary/aromatic N) is 1. The van der Waals surface area contributed by atoms with E-state index in [9.17, 15) is 0 Å². The average Bonchev–Trinajstić information content (AvgIpc) is 1.82. The van der Waals surface area contributed by atoms with E-state index < -0.39 is 0 Å². The van der Waals surface area contributed by atoms with Gasteiger partial charge >= 0.3 is 0 Å². The van der Waals surface area contributed by atoms with E-state index in [4.69, 9.17) is 5.11 Å². The SMILES string of the molecule is C/C=C/C=C(/O)N(C)C. The minimum Gasteiger partial charge on any atom is -0.495 e. The molecule has 0 aromatic heterocycles. The highest BCUT2D eigenvalue weighted by molar-refractivity contribution is 5.04. The van der Waals surface area contributed by atoms with Crippen molar-refractivity contribution < 1.29 is 5.11 Å². The summed E-state index contributed by atoms with van der Waals surface area (Å²) in [6, 6.07) is 0. The van der Waals surface area contributed by atoms with Crippen molar-refractivity contribution in [1.82, 2.24) is 4.90 Å². The van der Waals surface area contributed by atoms with Gasteiger partial charge in [0.05, 0.1) is 0 Å². The fourth-order valence-electron chi connectivity index (χ4n) is 0.331. The number of aliphatic hydroxyl groups excluding tert-OH is 1. The van der Waals surface area contributed by atoms with Gasteiger partial charge in [0, 0.05) is 14.1 Å². The number of hydrogen-bond acceptors (Lipinski definition) is 2. The molecule has 0 aromatic rings. The first kappa shape index (κ1) is 8.08. The minimum absolute atomic E-state index is 0.271. The van der Waals surface area contributed by atoms with Crippen molar-refractivity contribution in [1.29, 1.82) is 0 Å². The number of aliphatic hydroxyl groups is 1. The molecular weight excluding hydrogens is 114 g/mol. The summed E-state index contributed by atoms with van der Waals surface area (Å²) in [6.45, 7) is 1.90. The van der Waals surface area contributed by atoms with E-state index in [1.165, 1.54) is 0 Å². The molecule has 0 saturated heterocycles. The highest BCUT2D eigenvalue weighted by Gasteiger charge is 1.88. The molecule has 0 aliphatic rings. The predicted molar refractivity (Wildman–Crippen MR) is 39.2 cm³/mol. The topological polar surface area (TPSA) is 23.5 Å². The lowest BCUT2D eigenvalue weighted by Crippen LogP contribution is -2.09. The van der Waals surface area contributed by atoms with Gasteiger partial charge in [-0.3, -0.25) is 0 Å². The van der Waals surface area contributed by atoms with Crippen LogP contribution in [-0.2, 0) is 0 Å². The largest absolute Gasteiger partial charge is 0.495 e. The lowest BCUT2D eigenvalue weighted by atomic mass is 10.5. The Kier molecular flexibility index (Phi) is 3.60. The highest BCUT2D eigenvalue weighted by Crippen LogP contribution is 1.91. The van der Waals surface area contributed by atoms with Crippen LogP contribution >= 0.6 is 0 Å². The van der Waals surface area contributed by atoms with E-state index in [1.807, 2.05) is 13.0 Å². The average molecular weight is 127 g/mol. The van der Waals surface area contributed by atoms with Crippen molar-refractivity contribution in [2.24, 2.45) is 0 Å². The van der Waals surface area contributed by atoms with Gasteiger partial charge in [-0.15, -0.1) is 0 Å². The van der Waals surface area contributed by atoms with Crippen LogP contribution in [-0.4, -0.2) is 24.1 Å². The second-order valence-electron chi connectivity index (χ2n) is 1.95. The van der Waals surface area contributed by atoms with Gasteiger partial charge in [0.15, 0.2) is 5.88 Å². The molecule has 9 heavy (non-hydrogen) atoms. The van der Waals surface area contributed by atoms with Crippen LogP contribution in [0.1, 0.15) is 6.92 Å². The first-order valence-electron chi connectivity index (χ1n) is 2.87.